The number of aliphatic imine (C=N–C) groups is 3. The average molecular weight is 1260 g/mol. The van der Waals surface area contributed by atoms with E-state index in [0.717, 1.165) is 0 Å². The molecule has 0 aromatic heterocycles. The average Bonchev–Trinajstić information content (AvgIpc) is 2.25. The first-order valence-electron chi connectivity index (χ1n) is 30.2. The predicted octanol–water partition coefficient (Wildman–Crippen LogP) is -4.99. The summed E-state index contributed by atoms with van der Waals surface area (Å²) in [6.07, 6.45) is -1.20. The monoisotopic (exact) mass is 1260 g/mol. The maximum Gasteiger partial charge on any atom is 0.243 e. The van der Waals surface area contributed by atoms with Crippen molar-refractivity contribution in [3.63, 3.8) is 0 Å². The van der Waals surface area contributed by atoms with Crippen molar-refractivity contribution in [2.75, 3.05) is 32.7 Å². The van der Waals surface area contributed by atoms with Crippen molar-refractivity contribution in [2.24, 2.45) is 108 Å². The van der Waals surface area contributed by atoms with Gasteiger partial charge >= 0.3 is 0 Å². The van der Waals surface area contributed by atoms with Crippen molar-refractivity contribution in [2.45, 2.75) is 192 Å². The Morgan fingerprint density at radius 2 is 0.888 bits per heavy atom. The van der Waals surface area contributed by atoms with Crippen molar-refractivity contribution in [1.82, 2.24) is 31.5 Å². The van der Waals surface area contributed by atoms with Crippen LogP contribution in [0.2, 0.25) is 0 Å². The second kappa shape index (κ2) is 41.6. The summed E-state index contributed by atoms with van der Waals surface area (Å²) in [4.78, 5) is 188. The van der Waals surface area contributed by atoms with Crippen LogP contribution in [0.3, 0.4) is 0 Å². The number of nitrogens with one attached hydrogen (secondary N) is 5. The van der Waals surface area contributed by atoms with E-state index in [0.29, 0.717) is 19.3 Å². The van der Waals surface area contributed by atoms with Gasteiger partial charge in [-0.3, -0.25) is 77.3 Å². The number of carbonyl (C=O) groups is 13. The molecule has 1 fully saturated rings. The fourth-order valence-electron chi connectivity index (χ4n) is 9.84. The van der Waals surface area contributed by atoms with Gasteiger partial charge in [-0.1, -0.05) is 27.7 Å². The molecule has 1 saturated heterocycles. The van der Waals surface area contributed by atoms with Crippen molar-refractivity contribution in [1.29, 1.82) is 0 Å². The van der Waals surface area contributed by atoms with Crippen LogP contribution in [0.25, 0.3) is 0 Å². The van der Waals surface area contributed by atoms with Crippen LogP contribution in [-0.4, -0.2) is 168 Å². The number of unbranched alkanes of at least 4 members (excludes halogenated alkanes) is 1. The summed E-state index contributed by atoms with van der Waals surface area (Å²) >= 11 is 0. The van der Waals surface area contributed by atoms with Crippen LogP contribution in [0.15, 0.2) is 15.0 Å². The minimum atomic E-state index is -1.57. The maximum atomic E-state index is 14.7. The largest absolute Gasteiger partial charge is 0.370 e. The molecular formula is C56H100N20O13. The molecule has 27 N–H and O–H groups in total. The molecule has 1 aliphatic rings. The standard InChI is InChI=1S/C56H100N20O13/c1-30(2)46(47(61)83)75-49(85)32(4)27-40(77)35(12-5-6-22-57)72-50(86)33(17-20-44(59)81)28-41(78)37(14-9-25-70-56(66)67)73-51(87)38(18-21-45(60)82)74-52(88)39-15-10-26-76(39)53(89)34(11-7-23-68-54(62)63)29-42(79)36(13-8-24-69-55(64)65)71-48(84)31(3)16-19-43(58)80/h30-39,46H,5-29,57H2,1-4H3,(H2,58,80)(H2,59,81)(H2,60,82)(H2,61,83)(H,71,84)(H,72,86)(H,73,87)(H,74,88)(H,75,85)(H4,62,63,68)(H4,64,65,69)(H4,66,67,70)/t31-,32+,33+,34+,35-,36-,37-,38-,39-,46-/m0/s1. The minimum Gasteiger partial charge on any atom is -0.370 e. The summed E-state index contributed by atoms with van der Waals surface area (Å²) in [7, 11) is 0. The van der Waals surface area contributed by atoms with Crippen molar-refractivity contribution in [3.8, 4) is 0 Å². The van der Waals surface area contributed by atoms with E-state index < -0.39 is 162 Å². The number of Topliss-reactive ketones (excluding diaryl/α,β-unsaturated/α-hetero) is 3. The molecule has 0 aromatic rings. The molecule has 0 saturated carbocycles. The number of guanidine groups is 3. The Labute approximate surface area is 519 Å². The fourth-order valence-corrected chi connectivity index (χ4v) is 9.84. The molecule has 502 valence electrons. The number of nitrogens with zero attached hydrogens (tertiary/aromatic N) is 4. The van der Waals surface area contributed by atoms with Gasteiger partial charge < -0.3 is 94.6 Å². The van der Waals surface area contributed by atoms with Gasteiger partial charge in [0, 0.05) is 88.4 Å². The zero-order valence-electron chi connectivity index (χ0n) is 52.0. The number of ketones is 3. The zero-order valence-corrected chi connectivity index (χ0v) is 52.0. The lowest BCUT2D eigenvalue weighted by molar-refractivity contribution is -0.144. The summed E-state index contributed by atoms with van der Waals surface area (Å²) in [5.41, 5.74) is 60.7. The van der Waals surface area contributed by atoms with Gasteiger partial charge in [0.1, 0.15) is 18.1 Å². The van der Waals surface area contributed by atoms with E-state index in [-0.39, 0.29) is 140 Å². The molecule has 89 heavy (non-hydrogen) atoms. The third kappa shape index (κ3) is 31.8. The molecule has 1 aliphatic heterocycles. The molecule has 0 aromatic carbocycles. The second-order valence-electron chi connectivity index (χ2n) is 22.9. The lowest BCUT2D eigenvalue weighted by Crippen LogP contribution is -2.56. The first-order valence-corrected chi connectivity index (χ1v) is 30.2. The van der Waals surface area contributed by atoms with Gasteiger partial charge in [-0.15, -0.1) is 0 Å². The van der Waals surface area contributed by atoms with E-state index in [9.17, 15) is 62.3 Å². The Balaban J connectivity index is 3.69. The smallest absolute Gasteiger partial charge is 0.243 e. The third-order valence-electron chi connectivity index (χ3n) is 15.0. The Kier molecular flexibility index (Phi) is 36.7. The van der Waals surface area contributed by atoms with Crippen LogP contribution in [-0.2, 0) is 62.3 Å². The number of amides is 10. The molecule has 0 bridgehead atoms. The van der Waals surface area contributed by atoms with Crippen LogP contribution < -0.4 is 89.7 Å². The molecule has 0 unspecified atom stereocenters. The van der Waals surface area contributed by atoms with Gasteiger partial charge in [-0.05, 0) is 102 Å². The molecule has 10 atom stereocenters. The first-order chi connectivity index (χ1) is 41.8. The van der Waals surface area contributed by atoms with Gasteiger partial charge in [0.15, 0.2) is 35.2 Å². The number of primary amides is 4. The predicted molar refractivity (Wildman–Crippen MR) is 331 cm³/mol. The van der Waals surface area contributed by atoms with Gasteiger partial charge in [0.2, 0.25) is 59.1 Å². The minimum absolute atomic E-state index is 0.0299. The molecule has 10 amide bonds. The molecule has 33 heteroatoms. The molecule has 33 nitrogen and oxygen atoms in total. The Morgan fingerprint density at radius 3 is 1.37 bits per heavy atom. The lowest BCUT2D eigenvalue weighted by Gasteiger charge is -2.30. The van der Waals surface area contributed by atoms with Crippen LogP contribution in [0.4, 0.5) is 0 Å². The number of likely N-dealkylation sites (tertiary alicyclic amines) is 1. The Morgan fingerprint density at radius 1 is 0.449 bits per heavy atom. The van der Waals surface area contributed by atoms with Crippen molar-refractivity contribution in [3.05, 3.63) is 0 Å². The first kappa shape index (κ1) is 78.5. The summed E-state index contributed by atoms with van der Waals surface area (Å²) in [6.45, 7) is 6.81. The van der Waals surface area contributed by atoms with Gasteiger partial charge in [-0.2, -0.15) is 0 Å². The highest BCUT2D eigenvalue weighted by atomic mass is 16.2. The number of hydrogen-bond acceptors (Lipinski definition) is 17. The third-order valence-corrected chi connectivity index (χ3v) is 15.0. The van der Waals surface area contributed by atoms with E-state index >= 15 is 0 Å². The van der Waals surface area contributed by atoms with E-state index in [1.165, 1.54) is 11.8 Å². The Bertz CT molecular complexity index is 2520. The molecule has 1 heterocycles. The van der Waals surface area contributed by atoms with Crippen molar-refractivity contribution >= 4 is 94.3 Å². The normalized spacial score (nSPS) is 15.8. The van der Waals surface area contributed by atoms with Gasteiger partial charge in [-0.25, -0.2) is 0 Å². The summed E-state index contributed by atoms with van der Waals surface area (Å²) in [5, 5.41) is 13.2. The molecule has 0 spiro atoms. The highest BCUT2D eigenvalue weighted by Crippen LogP contribution is 2.26. The SMILES string of the molecule is CC(C)[C@H](NC(=O)[C@H](C)CC(=O)[C@H](CCCCN)NC(=O)[C@H](CCC(N)=O)CC(=O)[C@H](CCCN=C(N)N)NC(=O)[C@H](CCC(N)=O)NC(=O)[C@@H]1CCCN1C(=O)[C@H](CCCN=C(N)N)CC(=O)[C@H](CCCN=C(N)N)NC(=O)[C@@H](C)CCC(N)=O)C(N)=O. The van der Waals surface area contributed by atoms with Gasteiger partial charge in [0.05, 0.1) is 18.1 Å². The maximum absolute atomic E-state index is 14.7. The highest BCUT2D eigenvalue weighted by molar-refractivity contribution is 5.99. The second-order valence-corrected chi connectivity index (χ2v) is 22.9. The lowest BCUT2D eigenvalue weighted by atomic mass is 9.90. The van der Waals surface area contributed by atoms with E-state index in [4.69, 9.17) is 63.1 Å². The van der Waals surface area contributed by atoms with Crippen LogP contribution in [0, 0.1) is 29.6 Å². The van der Waals surface area contributed by atoms with E-state index in [1.54, 1.807) is 20.8 Å². The zero-order chi connectivity index (χ0) is 67.5. The number of carbonyl (C=O) groups excluding carboxylic acids is 13. The summed E-state index contributed by atoms with van der Waals surface area (Å²) < 4.78 is 0. The number of rotatable bonds is 47. The molecule has 0 radical (unpaired) electrons. The fraction of sp³-hybridized carbons (Fsp3) is 0.714. The highest BCUT2D eigenvalue weighted by Gasteiger charge is 2.41. The van der Waals surface area contributed by atoms with Crippen LogP contribution >= 0.6 is 0 Å². The van der Waals surface area contributed by atoms with E-state index in [2.05, 4.69) is 41.6 Å². The van der Waals surface area contributed by atoms with E-state index in [1.807, 2.05) is 0 Å². The summed E-state index contributed by atoms with van der Waals surface area (Å²) in [5.74, 6) is -14.5. The van der Waals surface area contributed by atoms with Crippen LogP contribution in [0.5, 0.6) is 0 Å². The molecule has 1 rings (SSSR count). The number of hydrogen-bond donors (Lipinski definition) is 16. The number of nitrogens with two attached hydrogens (primary N) is 11. The Hall–Kier alpha value is -8.52. The molecular weight excluding hydrogens is 1160 g/mol. The summed E-state index contributed by atoms with van der Waals surface area (Å²) in [6, 6.07) is -7.59. The van der Waals surface area contributed by atoms with Gasteiger partial charge in [0.25, 0.3) is 0 Å². The quantitative estimate of drug-likeness (QED) is 0.0154. The van der Waals surface area contributed by atoms with Crippen molar-refractivity contribution < 1.29 is 62.3 Å². The topological polar surface area (TPSA) is 609 Å². The molecule has 0 aliphatic carbocycles. The van der Waals surface area contributed by atoms with Crippen LogP contribution in [0.1, 0.15) is 156 Å².